The second-order valence-electron chi connectivity index (χ2n) is 6.70. The van der Waals surface area contributed by atoms with Crippen molar-refractivity contribution in [3.05, 3.63) is 46.5 Å². The van der Waals surface area contributed by atoms with Crippen LogP contribution in [0.5, 0.6) is 0 Å². The van der Waals surface area contributed by atoms with Gasteiger partial charge in [0, 0.05) is 30.5 Å². The van der Waals surface area contributed by atoms with Gasteiger partial charge in [-0.05, 0) is 47.8 Å². The van der Waals surface area contributed by atoms with Crippen LogP contribution < -0.4 is 4.90 Å². The van der Waals surface area contributed by atoms with Crippen LogP contribution in [0.25, 0.3) is 5.69 Å². The number of aryl methyl sites for hydroxylation is 2. The Bertz CT molecular complexity index is 1010. The van der Waals surface area contributed by atoms with Crippen LogP contribution in [-0.4, -0.2) is 42.6 Å². The zero-order valence-corrected chi connectivity index (χ0v) is 16.8. The van der Waals surface area contributed by atoms with E-state index in [4.69, 9.17) is 0 Å². The summed E-state index contributed by atoms with van der Waals surface area (Å²) >= 11 is 3.64. The highest BCUT2D eigenvalue weighted by atomic mass is 79.9. The lowest BCUT2D eigenvalue weighted by Crippen LogP contribution is -2.34. The SMILES string of the molecule is Cc1ncn(-c2ccc(Br)c(N3CCC(c4nncn4C)CC3)c2C#N)n1. The number of hydrogen-bond donors (Lipinski definition) is 0. The van der Waals surface area contributed by atoms with Crippen molar-refractivity contribution in [3.8, 4) is 11.8 Å². The molecule has 9 heteroatoms. The molecule has 1 aliphatic heterocycles. The third-order valence-electron chi connectivity index (χ3n) is 4.99. The Morgan fingerprint density at radius 2 is 2.00 bits per heavy atom. The molecule has 27 heavy (non-hydrogen) atoms. The minimum absolute atomic E-state index is 0.388. The fourth-order valence-electron chi connectivity index (χ4n) is 3.65. The standard InChI is InChI=1S/C18H19BrN8/c1-12-21-10-27(24-12)16-4-3-15(19)17(14(16)9-20)26-7-5-13(6-8-26)18-23-22-11-25(18)2/h3-4,10-11,13H,5-8H2,1-2H3. The second-order valence-corrected chi connectivity index (χ2v) is 7.55. The molecule has 138 valence electrons. The highest BCUT2D eigenvalue weighted by molar-refractivity contribution is 9.10. The summed E-state index contributed by atoms with van der Waals surface area (Å²) < 4.78 is 4.57. The van der Waals surface area contributed by atoms with E-state index in [1.807, 2.05) is 30.7 Å². The Morgan fingerprint density at radius 1 is 1.22 bits per heavy atom. The van der Waals surface area contributed by atoms with E-state index in [1.54, 1.807) is 17.3 Å². The van der Waals surface area contributed by atoms with Gasteiger partial charge in [0.25, 0.3) is 0 Å². The summed E-state index contributed by atoms with van der Waals surface area (Å²) in [7, 11) is 1.98. The number of piperidine rings is 1. The molecule has 0 radical (unpaired) electrons. The smallest absolute Gasteiger partial charge is 0.147 e. The first-order chi connectivity index (χ1) is 13.1. The molecule has 0 atom stereocenters. The summed E-state index contributed by atoms with van der Waals surface area (Å²) in [5.74, 6) is 2.09. The van der Waals surface area contributed by atoms with E-state index in [0.717, 1.165) is 47.6 Å². The van der Waals surface area contributed by atoms with Crippen LogP contribution in [-0.2, 0) is 7.05 Å². The molecule has 0 aliphatic carbocycles. The maximum Gasteiger partial charge on any atom is 0.147 e. The summed E-state index contributed by atoms with van der Waals surface area (Å²) in [5.41, 5.74) is 2.26. The Kier molecular flexibility index (Phi) is 4.66. The van der Waals surface area contributed by atoms with Crippen LogP contribution in [0.2, 0.25) is 0 Å². The normalized spacial score (nSPS) is 15.1. The van der Waals surface area contributed by atoms with Crippen LogP contribution in [0, 0.1) is 18.3 Å². The molecule has 0 amide bonds. The minimum atomic E-state index is 0.388. The second kappa shape index (κ2) is 7.12. The summed E-state index contributed by atoms with van der Waals surface area (Å²) in [6.07, 6.45) is 5.33. The van der Waals surface area contributed by atoms with Crippen molar-refractivity contribution < 1.29 is 0 Å². The van der Waals surface area contributed by atoms with E-state index in [-0.39, 0.29) is 0 Å². The molecule has 0 spiro atoms. The first-order valence-corrected chi connectivity index (χ1v) is 9.58. The molecule has 4 rings (SSSR count). The quantitative estimate of drug-likeness (QED) is 0.639. The third kappa shape index (κ3) is 3.21. The summed E-state index contributed by atoms with van der Waals surface area (Å²) in [5, 5.41) is 22.5. The molecule has 1 saturated heterocycles. The van der Waals surface area contributed by atoms with E-state index in [2.05, 4.69) is 47.2 Å². The van der Waals surface area contributed by atoms with Gasteiger partial charge in [-0.2, -0.15) is 10.4 Å². The van der Waals surface area contributed by atoms with Crippen molar-refractivity contribution in [1.82, 2.24) is 29.5 Å². The van der Waals surface area contributed by atoms with Gasteiger partial charge in [-0.3, -0.25) is 0 Å². The number of halogens is 1. The molecule has 3 aromatic rings. The monoisotopic (exact) mass is 426 g/mol. The zero-order valence-electron chi connectivity index (χ0n) is 15.2. The van der Waals surface area contributed by atoms with E-state index in [9.17, 15) is 5.26 Å². The molecule has 2 aromatic heterocycles. The summed E-state index contributed by atoms with van der Waals surface area (Å²) in [4.78, 5) is 6.45. The first-order valence-electron chi connectivity index (χ1n) is 8.78. The van der Waals surface area contributed by atoms with Crippen LogP contribution >= 0.6 is 15.9 Å². The Labute approximate surface area is 165 Å². The highest BCUT2D eigenvalue weighted by Crippen LogP contribution is 2.37. The van der Waals surface area contributed by atoms with Gasteiger partial charge in [0.15, 0.2) is 0 Å². The topological polar surface area (TPSA) is 88.5 Å². The fourth-order valence-corrected chi connectivity index (χ4v) is 4.23. The predicted molar refractivity (Wildman–Crippen MR) is 104 cm³/mol. The number of hydrogen-bond acceptors (Lipinski definition) is 6. The third-order valence-corrected chi connectivity index (χ3v) is 5.63. The fraction of sp³-hybridized carbons (Fsp3) is 0.389. The minimum Gasteiger partial charge on any atom is -0.369 e. The molecule has 3 heterocycles. The van der Waals surface area contributed by atoms with Crippen LogP contribution in [0.1, 0.15) is 36.0 Å². The van der Waals surface area contributed by atoms with E-state index in [0.29, 0.717) is 17.3 Å². The molecule has 0 saturated carbocycles. The van der Waals surface area contributed by atoms with Crippen LogP contribution in [0.15, 0.2) is 29.3 Å². The van der Waals surface area contributed by atoms with E-state index in [1.165, 1.54) is 0 Å². The van der Waals surface area contributed by atoms with Gasteiger partial charge in [-0.1, -0.05) is 0 Å². The molecular weight excluding hydrogens is 408 g/mol. The van der Waals surface area contributed by atoms with E-state index >= 15 is 0 Å². The molecule has 1 fully saturated rings. The lowest BCUT2D eigenvalue weighted by molar-refractivity contribution is 0.473. The number of benzene rings is 1. The first kappa shape index (κ1) is 17.7. The summed E-state index contributed by atoms with van der Waals surface area (Å²) in [6.45, 7) is 3.54. The molecule has 1 aliphatic rings. The Morgan fingerprint density at radius 3 is 2.59 bits per heavy atom. The molecule has 1 aromatic carbocycles. The zero-order chi connectivity index (χ0) is 19.0. The van der Waals surface area contributed by atoms with E-state index < -0.39 is 0 Å². The predicted octanol–water partition coefficient (Wildman–Crippen LogP) is 2.72. The molecule has 0 N–H and O–H groups in total. The number of anilines is 1. The molecule has 8 nitrogen and oxygen atoms in total. The lowest BCUT2D eigenvalue weighted by Gasteiger charge is -2.34. The number of aromatic nitrogens is 6. The van der Waals surface area contributed by atoms with Gasteiger partial charge in [-0.25, -0.2) is 9.67 Å². The number of nitrogens with zero attached hydrogens (tertiary/aromatic N) is 8. The average Bonchev–Trinajstić information content (AvgIpc) is 3.30. The van der Waals surface area contributed by atoms with Gasteiger partial charge in [0.1, 0.15) is 35.9 Å². The lowest BCUT2D eigenvalue weighted by atomic mass is 9.95. The van der Waals surface area contributed by atoms with Crippen LogP contribution in [0.3, 0.4) is 0 Å². The molecule has 0 bridgehead atoms. The highest BCUT2D eigenvalue weighted by Gasteiger charge is 2.27. The van der Waals surface area contributed by atoms with Gasteiger partial charge in [0.2, 0.25) is 0 Å². The van der Waals surface area contributed by atoms with Gasteiger partial charge < -0.3 is 9.47 Å². The Balaban J connectivity index is 1.64. The molecular formula is C18H19BrN8. The summed E-state index contributed by atoms with van der Waals surface area (Å²) in [6, 6.07) is 6.24. The maximum atomic E-state index is 9.88. The van der Waals surface area contributed by atoms with Gasteiger partial charge in [0.05, 0.1) is 11.4 Å². The van der Waals surface area contributed by atoms with Crippen molar-refractivity contribution in [2.24, 2.45) is 7.05 Å². The Hall–Kier alpha value is -2.73. The average molecular weight is 427 g/mol. The van der Waals surface area contributed by atoms with Gasteiger partial charge in [-0.15, -0.1) is 10.2 Å². The van der Waals surface area contributed by atoms with Crippen molar-refractivity contribution in [3.63, 3.8) is 0 Å². The van der Waals surface area contributed by atoms with Crippen molar-refractivity contribution >= 4 is 21.6 Å². The number of rotatable bonds is 3. The van der Waals surface area contributed by atoms with Crippen molar-refractivity contribution in [1.29, 1.82) is 5.26 Å². The van der Waals surface area contributed by atoms with Crippen molar-refractivity contribution in [2.45, 2.75) is 25.7 Å². The van der Waals surface area contributed by atoms with Gasteiger partial charge >= 0.3 is 0 Å². The molecule has 0 unspecified atom stereocenters. The number of nitriles is 1. The van der Waals surface area contributed by atoms with Crippen LogP contribution in [0.4, 0.5) is 5.69 Å². The largest absolute Gasteiger partial charge is 0.369 e. The van der Waals surface area contributed by atoms with Crippen molar-refractivity contribution in [2.75, 3.05) is 18.0 Å². The maximum absolute atomic E-state index is 9.88.